The third-order valence-electron chi connectivity index (χ3n) is 7.16. The third kappa shape index (κ3) is 6.30. The van der Waals surface area contributed by atoms with Gasteiger partial charge in [0, 0.05) is 3.57 Å². The molecule has 0 aliphatic heterocycles. The molecule has 0 bridgehead atoms. The highest BCUT2D eigenvalue weighted by molar-refractivity contribution is 14.1. The Labute approximate surface area is 222 Å². The molecule has 4 heteroatoms. The molecule has 2 aromatic rings. The van der Waals surface area contributed by atoms with Crippen molar-refractivity contribution in [3.05, 3.63) is 40.0 Å². The Balaban J connectivity index is 1.90. The largest absolute Gasteiger partial charge is 0.490 e. The highest BCUT2D eigenvalue weighted by Crippen LogP contribution is 2.57. The summed E-state index contributed by atoms with van der Waals surface area (Å²) >= 11 is 2.63. The van der Waals surface area contributed by atoms with Crippen molar-refractivity contribution in [3.8, 4) is 22.6 Å². The molecule has 0 amide bonds. The molecule has 4 rings (SSSR count). The molecule has 2 aromatic carbocycles. The van der Waals surface area contributed by atoms with E-state index in [1.165, 1.54) is 73.3 Å². The second kappa shape index (κ2) is 12.4. The van der Waals surface area contributed by atoms with Crippen LogP contribution in [0.4, 0.5) is 0 Å². The highest BCUT2D eigenvalue weighted by atomic mass is 127. The van der Waals surface area contributed by atoms with Crippen molar-refractivity contribution >= 4 is 35.8 Å². The van der Waals surface area contributed by atoms with E-state index in [1.807, 2.05) is 0 Å². The van der Waals surface area contributed by atoms with E-state index in [-0.39, 0.29) is 20.1 Å². The normalized spacial score (nSPS) is 18.1. The minimum absolute atomic E-state index is 0.123. The van der Waals surface area contributed by atoms with Crippen molar-refractivity contribution in [1.82, 2.24) is 0 Å². The summed E-state index contributed by atoms with van der Waals surface area (Å²) in [4.78, 5) is 0. The minimum atomic E-state index is -0.241. The molecule has 0 spiro atoms. The second-order valence-corrected chi connectivity index (χ2v) is 14.5. The van der Waals surface area contributed by atoms with Gasteiger partial charge in [-0.15, -0.1) is 0 Å². The zero-order valence-corrected chi connectivity index (χ0v) is 24.5. The van der Waals surface area contributed by atoms with Gasteiger partial charge in [-0.25, -0.2) is 0 Å². The number of halogens is 1. The van der Waals surface area contributed by atoms with Crippen LogP contribution in [0.1, 0.15) is 91.9 Å². The molecule has 0 aromatic heterocycles. The van der Waals surface area contributed by atoms with Gasteiger partial charge in [-0.1, -0.05) is 64.6 Å². The summed E-state index contributed by atoms with van der Waals surface area (Å²) in [5, 5.41) is 1.63. The molecule has 2 fully saturated rings. The van der Waals surface area contributed by atoms with E-state index >= 15 is 0 Å². The van der Waals surface area contributed by atoms with Crippen LogP contribution in [0.15, 0.2) is 36.4 Å². The van der Waals surface area contributed by atoms with Crippen LogP contribution in [-0.4, -0.2) is 23.5 Å². The van der Waals surface area contributed by atoms with Gasteiger partial charge in [-0.05, 0) is 116 Å². The molecule has 2 nitrogen and oxygen atoms in total. The van der Waals surface area contributed by atoms with E-state index in [0.29, 0.717) is 0 Å². The number of hydrogen-bond donors (Lipinski definition) is 0. The van der Waals surface area contributed by atoms with Crippen LogP contribution in [0.3, 0.4) is 0 Å². The first-order chi connectivity index (χ1) is 16.5. The van der Waals surface area contributed by atoms with Gasteiger partial charge in [0.25, 0.3) is 0 Å². The van der Waals surface area contributed by atoms with Crippen molar-refractivity contribution in [2.24, 2.45) is 0 Å². The van der Waals surface area contributed by atoms with Crippen LogP contribution >= 0.6 is 30.5 Å². The molecule has 186 valence electrons. The number of benzene rings is 2. The zero-order valence-electron chi connectivity index (χ0n) is 21.5. The monoisotopic (exact) mass is 592 g/mol. The molecule has 2 saturated carbocycles. The van der Waals surface area contributed by atoms with Crippen LogP contribution in [-0.2, 0) is 0 Å². The van der Waals surface area contributed by atoms with Crippen LogP contribution in [0.2, 0.25) is 0 Å². The molecule has 0 heterocycles. The van der Waals surface area contributed by atoms with Crippen molar-refractivity contribution in [2.75, 3.05) is 0 Å². The maximum atomic E-state index is 6.41. The van der Waals surface area contributed by atoms with E-state index in [2.05, 4.69) is 86.7 Å². The lowest BCUT2D eigenvalue weighted by atomic mass is 9.99. The van der Waals surface area contributed by atoms with Crippen molar-refractivity contribution in [3.63, 3.8) is 0 Å². The third-order valence-corrected chi connectivity index (χ3v) is 12.1. The van der Waals surface area contributed by atoms with Crippen molar-refractivity contribution in [1.29, 1.82) is 0 Å². The maximum Gasteiger partial charge on any atom is 0.131 e. The summed E-state index contributed by atoms with van der Waals surface area (Å²) in [6, 6.07) is 13.3. The molecule has 34 heavy (non-hydrogen) atoms. The SMILES string of the molecule is CC(C)Oc1cccc(OC(C)C)c1-c1cccc(I)c1P(C1CCCCC1)C1CCCCC1. The number of hydrogen-bond acceptors (Lipinski definition) is 2. The van der Waals surface area contributed by atoms with E-state index in [9.17, 15) is 0 Å². The molecule has 0 radical (unpaired) electrons. The van der Waals surface area contributed by atoms with E-state index in [4.69, 9.17) is 9.47 Å². The number of ether oxygens (including phenoxy) is 2. The molecule has 0 saturated heterocycles. The van der Waals surface area contributed by atoms with Gasteiger partial charge >= 0.3 is 0 Å². The summed E-state index contributed by atoms with van der Waals surface area (Å²) < 4.78 is 14.3. The van der Waals surface area contributed by atoms with Crippen molar-refractivity contribution < 1.29 is 9.47 Å². The molecular weight excluding hydrogens is 550 g/mol. The maximum absolute atomic E-state index is 6.41. The summed E-state index contributed by atoms with van der Waals surface area (Å²) in [6.45, 7) is 8.47. The van der Waals surface area contributed by atoms with Gasteiger partial charge in [-0.2, -0.15) is 0 Å². The quantitative estimate of drug-likeness (QED) is 0.225. The van der Waals surface area contributed by atoms with Crippen LogP contribution < -0.4 is 14.8 Å². The minimum Gasteiger partial charge on any atom is -0.490 e. The highest BCUT2D eigenvalue weighted by Gasteiger charge is 2.35. The Morgan fingerprint density at radius 2 is 1.18 bits per heavy atom. The van der Waals surface area contributed by atoms with Crippen LogP contribution in [0, 0.1) is 3.57 Å². The van der Waals surface area contributed by atoms with Crippen LogP contribution in [0.5, 0.6) is 11.5 Å². The molecule has 2 aliphatic carbocycles. The fourth-order valence-corrected chi connectivity index (χ4v) is 11.1. The number of rotatable bonds is 8. The Morgan fingerprint density at radius 3 is 1.65 bits per heavy atom. The Bertz CT molecular complexity index is 883. The van der Waals surface area contributed by atoms with Crippen LogP contribution in [0.25, 0.3) is 11.1 Å². The van der Waals surface area contributed by atoms with Gasteiger partial charge < -0.3 is 9.47 Å². The summed E-state index contributed by atoms with van der Waals surface area (Å²) in [6.07, 6.45) is 14.3. The predicted octanol–water partition coefficient (Wildman–Crippen LogP) is 9.31. The summed E-state index contributed by atoms with van der Waals surface area (Å²) in [7, 11) is -0.241. The first-order valence-electron chi connectivity index (χ1n) is 13.5. The predicted molar refractivity (Wildman–Crippen MR) is 156 cm³/mol. The molecular formula is C30H42IO2P. The first-order valence-corrected chi connectivity index (χ1v) is 16.0. The topological polar surface area (TPSA) is 18.5 Å². The first kappa shape index (κ1) is 26.3. The fourth-order valence-electron chi connectivity index (χ4n) is 5.84. The van der Waals surface area contributed by atoms with Gasteiger partial charge in [0.15, 0.2) is 0 Å². The Hall–Kier alpha value is -0.800. The summed E-state index contributed by atoms with van der Waals surface area (Å²) in [5.74, 6) is 1.91. The smallest absolute Gasteiger partial charge is 0.131 e. The van der Waals surface area contributed by atoms with Gasteiger partial charge in [-0.3, -0.25) is 0 Å². The van der Waals surface area contributed by atoms with Gasteiger partial charge in [0.2, 0.25) is 0 Å². The fraction of sp³-hybridized carbons (Fsp3) is 0.600. The summed E-state index contributed by atoms with van der Waals surface area (Å²) in [5.41, 5.74) is 4.24. The van der Waals surface area contributed by atoms with Gasteiger partial charge in [0.05, 0.1) is 17.8 Å². The van der Waals surface area contributed by atoms with E-state index < -0.39 is 0 Å². The second-order valence-electron chi connectivity index (χ2n) is 10.6. The van der Waals surface area contributed by atoms with E-state index in [1.54, 1.807) is 5.30 Å². The lowest BCUT2D eigenvalue weighted by Gasteiger charge is -2.40. The molecule has 2 aliphatic rings. The standard InChI is InChI=1S/C30H42IO2P/c1-21(2)32-27-19-12-20-28(33-22(3)4)29(27)25-17-11-18-26(31)30(25)34(23-13-7-5-8-14-23)24-15-9-6-10-16-24/h11-12,17-24H,5-10,13-16H2,1-4H3. The molecule has 0 N–H and O–H groups in total. The Morgan fingerprint density at radius 1 is 0.706 bits per heavy atom. The lowest BCUT2D eigenvalue weighted by molar-refractivity contribution is 0.231. The molecule has 0 atom stereocenters. The zero-order chi connectivity index (χ0) is 24.1. The Kier molecular flexibility index (Phi) is 9.61. The average molecular weight is 593 g/mol. The lowest BCUT2D eigenvalue weighted by Crippen LogP contribution is -2.28. The molecule has 0 unspecified atom stereocenters. The van der Waals surface area contributed by atoms with Gasteiger partial charge in [0.1, 0.15) is 11.5 Å². The van der Waals surface area contributed by atoms with Crippen molar-refractivity contribution in [2.45, 2.75) is 115 Å². The average Bonchev–Trinajstić information content (AvgIpc) is 2.81. The van der Waals surface area contributed by atoms with E-state index in [0.717, 1.165) is 28.4 Å².